The zero-order chi connectivity index (χ0) is 11.1. The van der Waals surface area contributed by atoms with Crippen LogP contribution in [0.1, 0.15) is 38.8 Å². The lowest BCUT2D eigenvalue weighted by atomic mass is 10.0. The number of halogens is 1. The highest BCUT2D eigenvalue weighted by Gasteiger charge is 2.00. The number of rotatable bonds is 2. The molecule has 0 aliphatic rings. The third-order valence-corrected chi connectivity index (χ3v) is 1.88. The number of hydrogen-bond donors (Lipinski definition) is 0. The quantitative estimate of drug-likeness (QED) is 0.659. The summed E-state index contributed by atoms with van der Waals surface area (Å²) in [6, 6.07) is 5.47. The SMILES string of the molecule is CC.Cc1ccc(CC(C)C)cc1F. The summed E-state index contributed by atoms with van der Waals surface area (Å²) in [5.74, 6) is 0.500. The van der Waals surface area contributed by atoms with E-state index in [1.807, 2.05) is 26.0 Å². The second-order valence-corrected chi connectivity index (χ2v) is 3.68. The molecular weight excluding hydrogens is 175 g/mol. The first-order valence-electron chi connectivity index (χ1n) is 5.34. The Labute approximate surface area is 87.2 Å². The molecule has 0 nitrogen and oxygen atoms in total. The largest absolute Gasteiger partial charge is 0.207 e. The second-order valence-electron chi connectivity index (χ2n) is 3.68. The van der Waals surface area contributed by atoms with Crippen molar-refractivity contribution < 1.29 is 4.39 Å². The number of benzene rings is 1. The van der Waals surface area contributed by atoms with Crippen molar-refractivity contribution in [3.8, 4) is 0 Å². The molecule has 0 amide bonds. The molecule has 0 saturated carbocycles. The van der Waals surface area contributed by atoms with Gasteiger partial charge in [0.05, 0.1) is 0 Å². The van der Waals surface area contributed by atoms with E-state index in [-0.39, 0.29) is 5.82 Å². The highest BCUT2D eigenvalue weighted by molar-refractivity contribution is 5.23. The maximum absolute atomic E-state index is 13.0. The molecule has 0 aliphatic heterocycles. The molecule has 0 saturated heterocycles. The highest BCUT2D eigenvalue weighted by atomic mass is 19.1. The van der Waals surface area contributed by atoms with Crippen LogP contribution in [0.25, 0.3) is 0 Å². The van der Waals surface area contributed by atoms with Gasteiger partial charge < -0.3 is 0 Å². The molecular formula is C13H21F. The van der Waals surface area contributed by atoms with Crippen molar-refractivity contribution in [1.29, 1.82) is 0 Å². The number of aryl methyl sites for hydroxylation is 1. The van der Waals surface area contributed by atoms with Crippen molar-refractivity contribution in [2.75, 3.05) is 0 Å². The first-order chi connectivity index (χ1) is 6.59. The summed E-state index contributed by atoms with van der Waals surface area (Å²) in [6.45, 7) is 10.1. The van der Waals surface area contributed by atoms with E-state index in [0.717, 1.165) is 17.5 Å². The van der Waals surface area contributed by atoms with E-state index >= 15 is 0 Å². The summed E-state index contributed by atoms with van der Waals surface area (Å²) in [5.41, 5.74) is 1.82. The van der Waals surface area contributed by atoms with Crippen LogP contribution in [0.3, 0.4) is 0 Å². The zero-order valence-corrected chi connectivity index (χ0v) is 9.89. The van der Waals surface area contributed by atoms with Crippen LogP contribution in [-0.2, 0) is 6.42 Å². The Kier molecular flexibility index (Phi) is 6.18. The molecule has 1 rings (SSSR count). The van der Waals surface area contributed by atoms with Crippen molar-refractivity contribution in [2.45, 2.75) is 41.0 Å². The fourth-order valence-electron chi connectivity index (χ4n) is 1.23. The van der Waals surface area contributed by atoms with Crippen LogP contribution in [0.5, 0.6) is 0 Å². The van der Waals surface area contributed by atoms with Gasteiger partial charge in [-0.25, -0.2) is 4.39 Å². The van der Waals surface area contributed by atoms with E-state index in [4.69, 9.17) is 0 Å². The molecule has 0 radical (unpaired) electrons. The summed E-state index contributed by atoms with van der Waals surface area (Å²) >= 11 is 0. The first kappa shape index (κ1) is 13.2. The third kappa shape index (κ3) is 4.40. The van der Waals surface area contributed by atoms with Crippen LogP contribution in [0.15, 0.2) is 18.2 Å². The summed E-state index contributed by atoms with van der Waals surface area (Å²) < 4.78 is 13.0. The Bertz CT molecular complexity index is 264. The van der Waals surface area contributed by atoms with E-state index in [9.17, 15) is 4.39 Å². The number of hydrogen-bond acceptors (Lipinski definition) is 0. The van der Waals surface area contributed by atoms with E-state index in [0.29, 0.717) is 5.92 Å². The first-order valence-corrected chi connectivity index (χ1v) is 5.34. The van der Waals surface area contributed by atoms with Crippen molar-refractivity contribution in [3.63, 3.8) is 0 Å². The van der Waals surface area contributed by atoms with Crippen LogP contribution in [0.4, 0.5) is 4.39 Å². The molecule has 0 aromatic heterocycles. The summed E-state index contributed by atoms with van der Waals surface area (Å²) in [6.07, 6.45) is 0.956. The minimum absolute atomic E-state index is 0.0897. The Morgan fingerprint density at radius 3 is 2.21 bits per heavy atom. The van der Waals surface area contributed by atoms with Crippen LogP contribution >= 0.6 is 0 Å². The molecule has 0 unspecified atom stereocenters. The van der Waals surface area contributed by atoms with Gasteiger partial charge in [-0.2, -0.15) is 0 Å². The fourth-order valence-corrected chi connectivity index (χ4v) is 1.23. The van der Waals surface area contributed by atoms with Gasteiger partial charge in [-0.3, -0.25) is 0 Å². The van der Waals surface area contributed by atoms with E-state index in [1.54, 1.807) is 13.0 Å². The zero-order valence-electron chi connectivity index (χ0n) is 9.89. The highest BCUT2D eigenvalue weighted by Crippen LogP contribution is 2.12. The molecule has 0 heterocycles. The van der Waals surface area contributed by atoms with E-state index in [2.05, 4.69) is 13.8 Å². The smallest absolute Gasteiger partial charge is 0.126 e. The Morgan fingerprint density at radius 2 is 1.79 bits per heavy atom. The molecule has 1 aromatic rings. The Morgan fingerprint density at radius 1 is 1.21 bits per heavy atom. The van der Waals surface area contributed by atoms with Crippen LogP contribution < -0.4 is 0 Å². The van der Waals surface area contributed by atoms with Crippen LogP contribution in [0.2, 0.25) is 0 Å². The minimum atomic E-state index is -0.0897. The predicted octanol–water partition coefficient (Wildman–Crippen LogP) is 4.36. The normalized spacial score (nSPS) is 9.64. The van der Waals surface area contributed by atoms with Gasteiger partial charge in [0.1, 0.15) is 5.82 Å². The lowest BCUT2D eigenvalue weighted by Crippen LogP contribution is -1.95. The molecule has 14 heavy (non-hydrogen) atoms. The van der Waals surface area contributed by atoms with Crippen molar-refractivity contribution >= 4 is 0 Å². The molecule has 0 N–H and O–H groups in total. The molecule has 0 atom stereocenters. The van der Waals surface area contributed by atoms with Crippen molar-refractivity contribution in [1.82, 2.24) is 0 Å². The van der Waals surface area contributed by atoms with Crippen LogP contribution in [0, 0.1) is 18.7 Å². The summed E-state index contributed by atoms with van der Waals surface area (Å²) in [4.78, 5) is 0. The average Bonchev–Trinajstić information content (AvgIpc) is 2.14. The van der Waals surface area contributed by atoms with E-state index in [1.165, 1.54) is 0 Å². The topological polar surface area (TPSA) is 0 Å². The fraction of sp³-hybridized carbons (Fsp3) is 0.538. The van der Waals surface area contributed by atoms with Gasteiger partial charge in [0, 0.05) is 0 Å². The predicted molar refractivity (Wildman–Crippen MR) is 61.0 cm³/mol. The van der Waals surface area contributed by atoms with Gasteiger partial charge in [0.15, 0.2) is 0 Å². The second kappa shape index (κ2) is 6.58. The maximum atomic E-state index is 13.0. The van der Waals surface area contributed by atoms with Gasteiger partial charge >= 0.3 is 0 Å². The monoisotopic (exact) mass is 196 g/mol. The van der Waals surface area contributed by atoms with Crippen molar-refractivity contribution in [2.24, 2.45) is 5.92 Å². The summed E-state index contributed by atoms with van der Waals surface area (Å²) in [7, 11) is 0. The minimum Gasteiger partial charge on any atom is -0.207 e. The van der Waals surface area contributed by atoms with Crippen molar-refractivity contribution in [3.05, 3.63) is 35.1 Å². The van der Waals surface area contributed by atoms with Gasteiger partial charge in [-0.1, -0.05) is 39.8 Å². The Balaban J connectivity index is 0.000000791. The van der Waals surface area contributed by atoms with Gasteiger partial charge in [0.2, 0.25) is 0 Å². The van der Waals surface area contributed by atoms with Crippen LogP contribution in [-0.4, -0.2) is 0 Å². The summed E-state index contributed by atoms with van der Waals surface area (Å²) in [5, 5.41) is 0. The van der Waals surface area contributed by atoms with Gasteiger partial charge in [-0.05, 0) is 36.5 Å². The lowest BCUT2D eigenvalue weighted by Gasteiger charge is -2.05. The maximum Gasteiger partial charge on any atom is 0.126 e. The standard InChI is InChI=1S/C11H15F.C2H6/c1-8(2)6-10-5-4-9(3)11(12)7-10;1-2/h4-5,7-8H,6H2,1-3H3;1-2H3. The molecule has 1 heteroatoms. The molecule has 1 aromatic carbocycles. The van der Waals surface area contributed by atoms with Gasteiger partial charge in [0.25, 0.3) is 0 Å². The molecule has 0 aliphatic carbocycles. The Hall–Kier alpha value is -0.850. The molecule has 0 spiro atoms. The third-order valence-electron chi connectivity index (χ3n) is 1.88. The lowest BCUT2D eigenvalue weighted by molar-refractivity contribution is 0.605. The molecule has 0 bridgehead atoms. The average molecular weight is 196 g/mol. The van der Waals surface area contributed by atoms with Gasteiger partial charge in [-0.15, -0.1) is 0 Å². The molecule has 0 fully saturated rings. The molecule has 80 valence electrons. The van der Waals surface area contributed by atoms with E-state index < -0.39 is 0 Å².